The van der Waals surface area contributed by atoms with Gasteiger partial charge in [-0.25, -0.2) is 0 Å². The summed E-state index contributed by atoms with van der Waals surface area (Å²) in [5.41, 5.74) is 0.906. The lowest BCUT2D eigenvalue weighted by atomic mass is 9.87. The summed E-state index contributed by atoms with van der Waals surface area (Å²) in [6.07, 6.45) is 1.00. The van der Waals surface area contributed by atoms with E-state index in [1.165, 1.54) is 0 Å². The van der Waals surface area contributed by atoms with E-state index in [2.05, 4.69) is 12.2 Å². The van der Waals surface area contributed by atoms with Crippen molar-refractivity contribution in [3.63, 3.8) is 0 Å². The van der Waals surface area contributed by atoms with Gasteiger partial charge in [0, 0.05) is 18.3 Å². The zero-order valence-corrected chi connectivity index (χ0v) is 10.8. The van der Waals surface area contributed by atoms with Crippen LogP contribution in [0.1, 0.15) is 13.3 Å². The largest absolute Gasteiger partial charge is 0.494 e. The Kier molecular flexibility index (Phi) is 4.44. The van der Waals surface area contributed by atoms with Gasteiger partial charge < -0.3 is 19.9 Å². The van der Waals surface area contributed by atoms with E-state index in [0.29, 0.717) is 13.2 Å². The van der Waals surface area contributed by atoms with Gasteiger partial charge in [0.05, 0.1) is 31.8 Å². The van der Waals surface area contributed by atoms with Crippen molar-refractivity contribution in [1.29, 1.82) is 0 Å². The van der Waals surface area contributed by atoms with Crippen molar-refractivity contribution in [1.82, 2.24) is 0 Å². The summed E-state index contributed by atoms with van der Waals surface area (Å²) in [7, 11) is 0. The van der Waals surface area contributed by atoms with Gasteiger partial charge in [-0.2, -0.15) is 0 Å². The number of aliphatic hydroxyl groups excluding tert-OH is 1. The molecule has 1 fully saturated rings. The third kappa shape index (κ3) is 3.15. The van der Waals surface area contributed by atoms with Gasteiger partial charge >= 0.3 is 0 Å². The van der Waals surface area contributed by atoms with Gasteiger partial charge in [0.15, 0.2) is 0 Å². The number of anilines is 1. The molecule has 0 radical (unpaired) electrons. The molecule has 1 aliphatic heterocycles. The first-order valence-electron chi connectivity index (χ1n) is 6.43. The maximum atomic E-state index is 9.34. The normalized spacial score (nSPS) is 17.0. The van der Waals surface area contributed by atoms with E-state index in [-0.39, 0.29) is 12.0 Å². The fourth-order valence-electron chi connectivity index (χ4n) is 1.85. The molecule has 1 aliphatic rings. The van der Waals surface area contributed by atoms with E-state index in [1.807, 2.05) is 24.3 Å². The molecular formula is C14H21NO3. The Morgan fingerprint density at radius 3 is 2.89 bits per heavy atom. The number of hydrogen-bond acceptors (Lipinski definition) is 4. The highest BCUT2D eigenvalue weighted by Gasteiger charge is 2.37. The average Bonchev–Trinajstić information content (AvgIpc) is 2.36. The monoisotopic (exact) mass is 251 g/mol. The molecule has 0 aliphatic carbocycles. The summed E-state index contributed by atoms with van der Waals surface area (Å²) >= 11 is 0. The number of aliphatic hydroxyl groups is 1. The van der Waals surface area contributed by atoms with Crippen molar-refractivity contribution < 1.29 is 14.6 Å². The summed E-state index contributed by atoms with van der Waals surface area (Å²) in [5.74, 6) is 0.879. The highest BCUT2D eigenvalue weighted by molar-refractivity contribution is 5.48. The molecule has 0 spiro atoms. The number of benzene rings is 1. The molecule has 0 amide bonds. The fourth-order valence-corrected chi connectivity index (χ4v) is 1.85. The maximum Gasteiger partial charge on any atom is 0.121 e. The van der Waals surface area contributed by atoms with Crippen molar-refractivity contribution in [2.45, 2.75) is 13.3 Å². The Morgan fingerprint density at radius 2 is 2.28 bits per heavy atom. The molecule has 4 heteroatoms. The molecule has 18 heavy (non-hydrogen) atoms. The predicted molar refractivity (Wildman–Crippen MR) is 71.1 cm³/mol. The minimum atomic E-state index is -0.111. The van der Waals surface area contributed by atoms with Crippen LogP contribution in [0.2, 0.25) is 0 Å². The van der Waals surface area contributed by atoms with Crippen molar-refractivity contribution in [2.24, 2.45) is 5.41 Å². The Hall–Kier alpha value is -1.26. The molecule has 1 aromatic carbocycles. The van der Waals surface area contributed by atoms with Gasteiger partial charge in [0.25, 0.3) is 0 Å². The van der Waals surface area contributed by atoms with Crippen LogP contribution in [0, 0.1) is 5.41 Å². The van der Waals surface area contributed by atoms with E-state index >= 15 is 0 Å². The predicted octanol–water partition coefficient (Wildman–Crippen LogP) is 1.90. The molecular weight excluding hydrogens is 230 g/mol. The minimum absolute atomic E-state index is 0.111. The number of nitrogens with one attached hydrogen (secondary N) is 1. The zero-order chi connectivity index (χ0) is 12.8. The Balaban J connectivity index is 1.88. The fraction of sp³-hybridized carbons (Fsp3) is 0.571. The van der Waals surface area contributed by atoms with Crippen LogP contribution in [-0.4, -0.2) is 38.1 Å². The van der Waals surface area contributed by atoms with Gasteiger partial charge in [-0.1, -0.05) is 13.0 Å². The lowest BCUT2D eigenvalue weighted by Crippen LogP contribution is -2.50. The standard InChI is InChI=1S/C14H21NO3/c1-2-6-18-13-5-3-4-12(7-13)15-8-14(9-16)10-17-11-14/h3-5,7,15-16H,2,6,8-11H2,1H3. The van der Waals surface area contributed by atoms with Gasteiger partial charge in [-0.05, 0) is 18.6 Å². The topological polar surface area (TPSA) is 50.7 Å². The quantitative estimate of drug-likeness (QED) is 0.777. The number of rotatable bonds is 7. The molecule has 100 valence electrons. The first kappa shape index (κ1) is 13.2. The first-order chi connectivity index (χ1) is 8.78. The van der Waals surface area contributed by atoms with Crippen LogP contribution in [0.4, 0.5) is 5.69 Å². The number of hydrogen-bond donors (Lipinski definition) is 2. The summed E-state index contributed by atoms with van der Waals surface area (Å²) in [6, 6.07) is 7.91. The average molecular weight is 251 g/mol. The minimum Gasteiger partial charge on any atom is -0.494 e. The second-order valence-electron chi connectivity index (χ2n) is 4.88. The van der Waals surface area contributed by atoms with Crippen LogP contribution < -0.4 is 10.1 Å². The van der Waals surface area contributed by atoms with E-state index in [1.54, 1.807) is 0 Å². The lowest BCUT2D eigenvalue weighted by molar-refractivity contribution is -0.128. The van der Waals surface area contributed by atoms with Crippen molar-refractivity contribution in [3.05, 3.63) is 24.3 Å². The second kappa shape index (κ2) is 6.07. The highest BCUT2D eigenvalue weighted by atomic mass is 16.5. The Bertz CT molecular complexity index is 372. The van der Waals surface area contributed by atoms with E-state index in [9.17, 15) is 5.11 Å². The van der Waals surface area contributed by atoms with Crippen molar-refractivity contribution in [2.75, 3.05) is 38.3 Å². The Labute approximate surface area is 108 Å². The smallest absolute Gasteiger partial charge is 0.121 e. The molecule has 0 atom stereocenters. The summed E-state index contributed by atoms with van der Waals surface area (Å²) in [6.45, 7) is 4.96. The first-order valence-corrected chi connectivity index (χ1v) is 6.43. The SMILES string of the molecule is CCCOc1cccc(NCC2(CO)COC2)c1. The van der Waals surface area contributed by atoms with E-state index < -0.39 is 0 Å². The van der Waals surface area contributed by atoms with E-state index in [4.69, 9.17) is 9.47 Å². The maximum absolute atomic E-state index is 9.34. The molecule has 0 saturated carbocycles. The lowest BCUT2D eigenvalue weighted by Gasteiger charge is -2.40. The van der Waals surface area contributed by atoms with Crippen LogP contribution in [0.5, 0.6) is 5.75 Å². The van der Waals surface area contributed by atoms with Gasteiger partial charge in [0.2, 0.25) is 0 Å². The van der Waals surface area contributed by atoms with Crippen LogP contribution in [-0.2, 0) is 4.74 Å². The van der Waals surface area contributed by atoms with Crippen LogP contribution in [0.3, 0.4) is 0 Å². The van der Waals surface area contributed by atoms with Crippen LogP contribution in [0.25, 0.3) is 0 Å². The third-order valence-corrected chi connectivity index (χ3v) is 3.13. The van der Waals surface area contributed by atoms with Crippen LogP contribution in [0.15, 0.2) is 24.3 Å². The summed E-state index contributed by atoms with van der Waals surface area (Å²) in [4.78, 5) is 0. The molecule has 1 aromatic rings. The molecule has 2 rings (SSSR count). The molecule has 0 aromatic heterocycles. The molecule has 1 heterocycles. The molecule has 0 bridgehead atoms. The molecule has 4 nitrogen and oxygen atoms in total. The van der Waals surface area contributed by atoms with Gasteiger partial charge in [-0.3, -0.25) is 0 Å². The summed E-state index contributed by atoms with van der Waals surface area (Å²) < 4.78 is 10.8. The van der Waals surface area contributed by atoms with Crippen molar-refractivity contribution >= 4 is 5.69 Å². The number of ether oxygens (including phenoxy) is 2. The van der Waals surface area contributed by atoms with Crippen molar-refractivity contribution in [3.8, 4) is 5.75 Å². The highest BCUT2D eigenvalue weighted by Crippen LogP contribution is 2.27. The summed E-state index contributed by atoms with van der Waals surface area (Å²) in [5, 5.41) is 12.7. The van der Waals surface area contributed by atoms with Gasteiger partial charge in [0.1, 0.15) is 5.75 Å². The molecule has 2 N–H and O–H groups in total. The zero-order valence-electron chi connectivity index (χ0n) is 10.8. The van der Waals surface area contributed by atoms with Crippen LogP contribution >= 0.6 is 0 Å². The van der Waals surface area contributed by atoms with E-state index in [0.717, 1.165) is 31.0 Å². The third-order valence-electron chi connectivity index (χ3n) is 3.13. The van der Waals surface area contributed by atoms with Gasteiger partial charge in [-0.15, -0.1) is 0 Å². The Morgan fingerprint density at radius 1 is 1.44 bits per heavy atom. The molecule has 1 saturated heterocycles. The second-order valence-corrected chi connectivity index (χ2v) is 4.88. The molecule has 0 unspecified atom stereocenters.